The Morgan fingerprint density at radius 3 is 2.38 bits per heavy atom. The van der Waals surface area contributed by atoms with Crippen molar-refractivity contribution in [2.45, 2.75) is 4.83 Å². The molecule has 1 unspecified atom stereocenters. The summed E-state index contributed by atoms with van der Waals surface area (Å²) in [5.74, 6) is -2.98. The molecular formula is C11H6BrF3S. The monoisotopic (exact) mass is 306 g/mol. The van der Waals surface area contributed by atoms with Crippen LogP contribution in [0, 0.1) is 17.5 Å². The van der Waals surface area contributed by atoms with Crippen LogP contribution in [0.3, 0.4) is 0 Å². The zero-order chi connectivity index (χ0) is 11.7. The van der Waals surface area contributed by atoms with Crippen molar-refractivity contribution < 1.29 is 13.2 Å². The van der Waals surface area contributed by atoms with Crippen LogP contribution in [0.2, 0.25) is 0 Å². The largest absolute Gasteiger partial charge is 0.207 e. The van der Waals surface area contributed by atoms with Gasteiger partial charge in [-0.05, 0) is 28.5 Å². The van der Waals surface area contributed by atoms with E-state index in [1.165, 1.54) is 11.3 Å². The van der Waals surface area contributed by atoms with Crippen molar-refractivity contribution in [3.63, 3.8) is 0 Å². The van der Waals surface area contributed by atoms with E-state index >= 15 is 0 Å². The fourth-order valence-electron chi connectivity index (χ4n) is 1.33. The summed E-state index contributed by atoms with van der Waals surface area (Å²) in [6.07, 6.45) is 0. The normalized spacial score (nSPS) is 12.8. The van der Waals surface area contributed by atoms with Gasteiger partial charge in [0.05, 0.1) is 4.83 Å². The van der Waals surface area contributed by atoms with Crippen molar-refractivity contribution >= 4 is 27.3 Å². The highest BCUT2D eigenvalue weighted by molar-refractivity contribution is 9.09. The highest BCUT2D eigenvalue weighted by Gasteiger charge is 2.18. The second-order valence-corrected chi connectivity index (χ2v) is 4.90. The molecule has 0 fully saturated rings. The predicted molar refractivity (Wildman–Crippen MR) is 61.4 cm³/mol. The number of rotatable bonds is 2. The summed E-state index contributed by atoms with van der Waals surface area (Å²) in [5, 5.41) is 3.65. The van der Waals surface area contributed by atoms with Crippen molar-refractivity contribution in [1.82, 2.24) is 0 Å². The summed E-state index contributed by atoms with van der Waals surface area (Å²) in [4.78, 5) is -0.464. The fraction of sp³-hybridized carbons (Fsp3) is 0.0909. The van der Waals surface area contributed by atoms with Gasteiger partial charge in [-0.25, -0.2) is 13.2 Å². The van der Waals surface area contributed by atoms with Gasteiger partial charge in [-0.1, -0.05) is 15.9 Å². The molecule has 0 aliphatic heterocycles. The minimum Gasteiger partial charge on any atom is -0.207 e. The average Bonchev–Trinajstić information content (AvgIpc) is 2.75. The first-order valence-corrected chi connectivity index (χ1v) is 6.26. The van der Waals surface area contributed by atoms with Gasteiger partial charge < -0.3 is 0 Å². The first-order chi connectivity index (χ1) is 7.59. The summed E-state index contributed by atoms with van der Waals surface area (Å²) in [6, 6.07) is 3.23. The van der Waals surface area contributed by atoms with Gasteiger partial charge in [0, 0.05) is 11.6 Å². The Kier molecular flexibility index (Phi) is 3.35. The Morgan fingerprint density at radius 2 is 1.75 bits per heavy atom. The summed E-state index contributed by atoms with van der Waals surface area (Å²) >= 11 is 4.72. The van der Waals surface area contributed by atoms with Crippen molar-refractivity contribution in [1.29, 1.82) is 0 Å². The lowest BCUT2D eigenvalue weighted by molar-refractivity contribution is 0.491. The topological polar surface area (TPSA) is 0 Å². The van der Waals surface area contributed by atoms with E-state index in [0.29, 0.717) is 6.07 Å². The summed E-state index contributed by atoms with van der Waals surface area (Å²) in [6.45, 7) is 0. The molecule has 0 aliphatic carbocycles. The van der Waals surface area contributed by atoms with Gasteiger partial charge in [0.25, 0.3) is 0 Å². The van der Waals surface area contributed by atoms with E-state index in [2.05, 4.69) is 15.9 Å². The Morgan fingerprint density at radius 1 is 1.06 bits per heavy atom. The van der Waals surface area contributed by atoms with Crippen LogP contribution in [-0.4, -0.2) is 0 Å². The van der Waals surface area contributed by atoms with E-state index < -0.39 is 22.3 Å². The molecule has 0 saturated heterocycles. The molecule has 84 valence electrons. The molecule has 0 aliphatic rings. The van der Waals surface area contributed by atoms with E-state index in [4.69, 9.17) is 0 Å². The number of hydrogen-bond acceptors (Lipinski definition) is 1. The van der Waals surface area contributed by atoms with E-state index in [1.54, 1.807) is 6.07 Å². The highest BCUT2D eigenvalue weighted by atomic mass is 79.9. The number of halogens is 4. The summed E-state index contributed by atoms with van der Waals surface area (Å²) < 4.78 is 39.2. The zero-order valence-electron chi connectivity index (χ0n) is 7.88. The highest BCUT2D eigenvalue weighted by Crippen LogP contribution is 2.34. The average molecular weight is 307 g/mol. The number of thiophene rings is 1. The Hall–Kier alpha value is -0.810. The first-order valence-electron chi connectivity index (χ1n) is 4.40. The molecule has 1 heterocycles. The van der Waals surface area contributed by atoms with Gasteiger partial charge >= 0.3 is 0 Å². The van der Waals surface area contributed by atoms with Crippen LogP contribution in [0.25, 0.3) is 0 Å². The lowest BCUT2D eigenvalue weighted by atomic mass is 10.1. The lowest BCUT2D eigenvalue weighted by Gasteiger charge is -2.10. The van der Waals surface area contributed by atoms with Crippen LogP contribution >= 0.6 is 27.3 Å². The molecule has 0 bridgehead atoms. The standard InChI is InChI=1S/C11H6BrF3S/c12-11(6-1-2-16-5-6)7-3-9(14)10(15)4-8(7)13/h1-5,11H. The van der Waals surface area contributed by atoms with Gasteiger partial charge in [0.15, 0.2) is 11.6 Å². The van der Waals surface area contributed by atoms with E-state index in [0.717, 1.165) is 11.6 Å². The third-order valence-electron chi connectivity index (χ3n) is 2.15. The van der Waals surface area contributed by atoms with E-state index in [9.17, 15) is 13.2 Å². The second kappa shape index (κ2) is 4.59. The second-order valence-electron chi connectivity index (χ2n) is 3.21. The molecule has 0 nitrogen and oxygen atoms in total. The molecule has 2 aromatic rings. The van der Waals surface area contributed by atoms with Gasteiger partial charge in [-0.3, -0.25) is 0 Å². The molecule has 0 saturated carbocycles. The molecule has 1 atom stereocenters. The zero-order valence-corrected chi connectivity index (χ0v) is 10.3. The summed E-state index contributed by atoms with van der Waals surface area (Å²) in [5.41, 5.74) is 0.909. The predicted octanol–water partition coefficient (Wildman–Crippen LogP) is 4.65. The minimum atomic E-state index is -1.17. The molecule has 16 heavy (non-hydrogen) atoms. The first kappa shape index (κ1) is 11.7. The maximum atomic E-state index is 13.4. The molecule has 0 spiro atoms. The third kappa shape index (κ3) is 2.15. The Labute approximate surface area is 103 Å². The lowest BCUT2D eigenvalue weighted by Crippen LogP contribution is -1.98. The van der Waals surface area contributed by atoms with Crippen molar-refractivity contribution in [2.75, 3.05) is 0 Å². The Balaban J connectivity index is 2.44. The van der Waals surface area contributed by atoms with Crippen molar-refractivity contribution in [2.24, 2.45) is 0 Å². The maximum Gasteiger partial charge on any atom is 0.161 e. The smallest absolute Gasteiger partial charge is 0.161 e. The van der Waals surface area contributed by atoms with Gasteiger partial charge in [0.1, 0.15) is 5.82 Å². The Bertz CT molecular complexity index is 496. The van der Waals surface area contributed by atoms with Crippen molar-refractivity contribution in [3.05, 3.63) is 57.5 Å². The molecule has 2 rings (SSSR count). The van der Waals surface area contributed by atoms with Gasteiger partial charge in [-0.2, -0.15) is 11.3 Å². The number of benzene rings is 1. The molecular weight excluding hydrogens is 301 g/mol. The molecule has 0 N–H and O–H groups in total. The van der Waals surface area contributed by atoms with Crippen LogP contribution < -0.4 is 0 Å². The third-order valence-corrected chi connectivity index (χ3v) is 3.87. The maximum absolute atomic E-state index is 13.4. The summed E-state index contributed by atoms with van der Waals surface area (Å²) in [7, 11) is 0. The molecule has 5 heteroatoms. The van der Waals surface area contributed by atoms with Gasteiger partial charge in [0.2, 0.25) is 0 Å². The molecule has 1 aromatic heterocycles. The number of alkyl halides is 1. The molecule has 0 radical (unpaired) electrons. The van der Waals surface area contributed by atoms with Crippen LogP contribution in [0.4, 0.5) is 13.2 Å². The van der Waals surface area contributed by atoms with Gasteiger partial charge in [-0.15, -0.1) is 0 Å². The van der Waals surface area contributed by atoms with Crippen LogP contribution in [0.1, 0.15) is 16.0 Å². The minimum absolute atomic E-state index is 0.0947. The fourth-order valence-corrected chi connectivity index (χ4v) is 2.83. The molecule has 0 amide bonds. The quantitative estimate of drug-likeness (QED) is 0.559. The van der Waals surface area contributed by atoms with E-state index in [-0.39, 0.29) is 5.56 Å². The molecule has 1 aromatic carbocycles. The van der Waals surface area contributed by atoms with E-state index in [1.807, 2.05) is 10.8 Å². The van der Waals surface area contributed by atoms with Crippen molar-refractivity contribution in [3.8, 4) is 0 Å². The van der Waals surface area contributed by atoms with Crippen LogP contribution in [0.15, 0.2) is 29.0 Å². The van der Waals surface area contributed by atoms with Crippen LogP contribution in [0.5, 0.6) is 0 Å². The number of hydrogen-bond donors (Lipinski definition) is 0. The SMILES string of the molecule is Fc1cc(F)c(C(Br)c2ccsc2)cc1F. The van der Waals surface area contributed by atoms with Crippen LogP contribution in [-0.2, 0) is 0 Å².